The zero-order valence-corrected chi connectivity index (χ0v) is 10.0. The van der Waals surface area contributed by atoms with Crippen LogP contribution in [0.4, 0.5) is 0 Å². The molecule has 0 heterocycles. The topological polar surface area (TPSA) is 0 Å². The monoisotopic (exact) mass is 224 g/mol. The fraction of sp³-hybridized carbons (Fsp3) is 0.294. The summed E-state index contributed by atoms with van der Waals surface area (Å²) in [7, 11) is 0. The summed E-state index contributed by atoms with van der Waals surface area (Å²) in [5.41, 5.74) is 7.23. The average molecular weight is 224 g/mol. The smallest absolute Gasteiger partial charge is 0.0158 e. The molecule has 0 bridgehead atoms. The Morgan fingerprint density at radius 3 is 2.24 bits per heavy atom. The lowest BCUT2D eigenvalue weighted by atomic mass is 9.82. The molecule has 1 aliphatic carbocycles. The summed E-state index contributed by atoms with van der Waals surface area (Å²) in [6.45, 7) is 6.80. The lowest BCUT2D eigenvalue weighted by Crippen LogP contribution is -2.14. The molecule has 0 nitrogen and oxygen atoms in total. The van der Waals surface area contributed by atoms with Crippen molar-refractivity contribution in [3.8, 4) is 11.1 Å². The highest BCUT2D eigenvalue weighted by Gasteiger charge is 2.34. The molecular weight excluding hydrogens is 204 g/mol. The summed E-state index contributed by atoms with van der Waals surface area (Å²) < 4.78 is 0. The average Bonchev–Trinajstić information content (AvgIpc) is 2.49. The maximum Gasteiger partial charge on any atom is 0.0158 e. The Balaban J connectivity index is 0.00000108. The SMILES string of the molecule is C.Cc1ccc2c(c1)C(C)(C)c1ccccc1-2. The number of hydrogen-bond donors (Lipinski definition) is 0. The molecule has 17 heavy (non-hydrogen) atoms. The van der Waals surface area contributed by atoms with Crippen LogP contribution in [0.1, 0.15) is 38.0 Å². The Morgan fingerprint density at radius 1 is 0.824 bits per heavy atom. The molecule has 0 unspecified atom stereocenters. The number of rotatable bonds is 0. The van der Waals surface area contributed by atoms with Crippen molar-refractivity contribution in [2.75, 3.05) is 0 Å². The summed E-state index contributed by atoms with van der Waals surface area (Å²) in [6, 6.07) is 15.6. The van der Waals surface area contributed by atoms with Crippen LogP contribution in [0.3, 0.4) is 0 Å². The van der Waals surface area contributed by atoms with E-state index in [1.165, 1.54) is 27.8 Å². The van der Waals surface area contributed by atoms with Gasteiger partial charge in [0.2, 0.25) is 0 Å². The van der Waals surface area contributed by atoms with Crippen molar-refractivity contribution in [1.82, 2.24) is 0 Å². The third-order valence-electron chi connectivity index (χ3n) is 3.74. The molecule has 0 aliphatic heterocycles. The molecule has 0 radical (unpaired) electrons. The number of hydrogen-bond acceptors (Lipinski definition) is 0. The summed E-state index contributed by atoms with van der Waals surface area (Å²) in [5.74, 6) is 0. The van der Waals surface area contributed by atoms with E-state index in [-0.39, 0.29) is 12.8 Å². The molecule has 2 aromatic carbocycles. The zero-order valence-electron chi connectivity index (χ0n) is 10.0. The van der Waals surface area contributed by atoms with Crippen LogP contribution < -0.4 is 0 Å². The molecule has 88 valence electrons. The first kappa shape index (κ1) is 11.9. The van der Waals surface area contributed by atoms with Gasteiger partial charge in [-0.25, -0.2) is 0 Å². The van der Waals surface area contributed by atoms with Crippen LogP contribution in [-0.2, 0) is 5.41 Å². The quantitative estimate of drug-likeness (QED) is 0.594. The van der Waals surface area contributed by atoms with Crippen molar-refractivity contribution in [3.63, 3.8) is 0 Å². The van der Waals surface area contributed by atoms with E-state index < -0.39 is 0 Å². The Hall–Kier alpha value is -1.56. The Kier molecular flexibility index (Phi) is 2.61. The van der Waals surface area contributed by atoms with Gasteiger partial charge in [0.1, 0.15) is 0 Å². The summed E-state index contributed by atoms with van der Waals surface area (Å²) >= 11 is 0. The standard InChI is InChI=1S/C16H16.CH4/c1-11-8-9-13-12-6-4-5-7-14(12)16(2,3)15(13)10-11;/h4-10H,1-3H3;1H4. The minimum atomic E-state index is 0. The highest BCUT2D eigenvalue weighted by Crippen LogP contribution is 2.48. The van der Waals surface area contributed by atoms with Gasteiger partial charge in [0.25, 0.3) is 0 Å². The largest absolute Gasteiger partial charge is 0.0776 e. The predicted octanol–water partition coefficient (Wildman–Crippen LogP) is 4.94. The van der Waals surface area contributed by atoms with Crippen LogP contribution >= 0.6 is 0 Å². The van der Waals surface area contributed by atoms with Crippen molar-refractivity contribution in [2.24, 2.45) is 0 Å². The third-order valence-corrected chi connectivity index (χ3v) is 3.74. The number of benzene rings is 2. The normalized spacial score (nSPS) is 14.8. The maximum atomic E-state index is 2.33. The molecule has 0 fully saturated rings. The van der Waals surface area contributed by atoms with Crippen molar-refractivity contribution in [3.05, 3.63) is 59.2 Å². The molecule has 0 atom stereocenters. The van der Waals surface area contributed by atoms with Gasteiger partial charge < -0.3 is 0 Å². The second kappa shape index (κ2) is 3.73. The Bertz CT molecular complexity index is 562. The van der Waals surface area contributed by atoms with Gasteiger partial charge in [-0.3, -0.25) is 0 Å². The van der Waals surface area contributed by atoms with Gasteiger partial charge in [0.05, 0.1) is 0 Å². The van der Waals surface area contributed by atoms with E-state index in [1.807, 2.05) is 0 Å². The highest BCUT2D eigenvalue weighted by molar-refractivity contribution is 5.80. The van der Waals surface area contributed by atoms with Crippen LogP contribution in [0.15, 0.2) is 42.5 Å². The van der Waals surface area contributed by atoms with E-state index in [0.29, 0.717) is 0 Å². The van der Waals surface area contributed by atoms with E-state index >= 15 is 0 Å². The first-order valence-corrected chi connectivity index (χ1v) is 5.82. The Labute approximate surface area is 104 Å². The van der Waals surface area contributed by atoms with Crippen molar-refractivity contribution >= 4 is 0 Å². The molecule has 2 aromatic rings. The van der Waals surface area contributed by atoms with E-state index in [9.17, 15) is 0 Å². The summed E-state index contributed by atoms with van der Waals surface area (Å²) in [5, 5.41) is 0. The van der Waals surface area contributed by atoms with Gasteiger partial charge in [-0.1, -0.05) is 69.3 Å². The highest BCUT2D eigenvalue weighted by atomic mass is 14.4. The predicted molar refractivity (Wildman–Crippen MR) is 75.5 cm³/mol. The van der Waals surface area contributed by atoms with Gasteiger partial charge in [0, 0.05) is 5.41 Å². The molecule has 0 saturated carbocycles. The van der Waals surface area contributed by atoms with E-state index in [2.05, 4.69) is 63.2 Å². The first-order valence-electron chi connectivity index (χ1n) is 5.82. The molecular formula is C17H20. The molecule has 0 amide bonds. The maximum absolute atomic E-state index is 2.33. The fourth-order valence-electron chi connectivity index (χ4n) is 2.82. The second-order valence-corrected chi connectivity index (χ2v) is 5.22. The van der Waals surface area contributed by atoms with Gasteiger partial charge in [-0.15, -0.1) is 0 Å². The summed E-state index contributed by atoms with van der Waals surface area (Å²) in [4.78, 5) is 0. The molecule has 0 saturated heterocycles. The van der Waals surface area contributed by atoms with E-state index in [0.717, 1.165) is 0 Å². The molecule has 0 aromatic heterocycles. The molecule has 3 rings (SSSR count). The number of fused-ring (bicyclic) bond motifs is 3. The molecule has 0 heteroatoms. The van der Waals surface area contributed by atoms with Gasteiger partial charge in [0.15, 0.2) is 0 Å². The van der Waals surface area contributed by atoms with Gasteiger partial charge >= 0.3 is 0 Å². The zero-order chi connectivity index (χ0) is 11.3. The minimum Gasteiger partial charge on any atom is -0.0776 e. The number of aryl methyl sites for hydroxylation is 1. The van der Waals surface area contributed by atoms with Crippen LogP contribution in [0.25, 0.3) is 11.1 Å². The van der Waals surface area contributed by atoms with E-state index in [4.69, 9.17) is 0 Å². The first-order chi connectivity index (χ1) is 7.60. The third kappa shape index (κ3) is 1.51. The summed E-state index contributed by atoms with van der Waals surface area (Å²) in [6.07, 6.45) is 0. The minimum absolute atomic E-state index is 0. The van der Waals surface area contributed by atoms with Crippen LogP contribution in [0.2, 0.25) is 0 Å². The molecule has 0 spiro atoms. The van der Waals surface area contributed by atoms with Crippen LogP contribution in [-0.4, -0.2) is 0 Å². The van der Waals surface area contributed by atoms with Crippen LogP contribution in [0, 0.1) is 6.92 Å². The molecule has 1 aliphatic rings. The van der Waals surface area contributed by atoms with Crippen molar-refractivity contribution in [1.29, 1.82) is 0 Å². The van der Waals surface area contributed by atoms with Crippen LogP contribution in [0.5, 0.6) is 0 Å². The van der Waals surface area contributed by atoms with Crippen molar-refractivity contribution < 1.29 is 0 Å². The van der Waals surface area contributed by atoms with Crippen molar-refractivity contribution in [2.45, 2.75) is 33.6 Å². The lowest BCUT2D eigenvalue weighted by Gasteiger charge is -2.21. The van der Waals surface area contributed by atoms with Gasteiger partial charge in [-0.05, 0) is 29.2 Å². The molecule has 0 N–H and O–H groups in total. The fourth-order valence-corrected chi connectivity index (χ4v) is 2.82. The lowest BCUT2D eigenvalue weighted by molar-refractivity contribution is 0.660. The van der Waals surface area contributed by atoms with Gasteiger partial charge in [-0.2, -0.15) is 0 Å². The Morgan fingerprint density at radius 2 is 1.47 bits per heavy atom. The van der Waals surface area contributed by atoms with E-state index in [1.54, 1.807) is 0 Å². The second-order valence-electron chi connectivity index (χ2n) is 5.22.